The second kappa shape index (κ2) is 14.9. The maximum absolute atomic E-state index is 16.1. The quantitative estimate of drug-likeness (QED) is 0.136. The smallest absolute Gasteiger partial charge is 0.268 e. The van der Waals surface area contributed by atoms with Gasteiger partial charge in [-0.05, 0) is 61.7 Å². The summed E-state index contributed by atoms with van der Waals surface area (Å²) < 4.78 is 71.4. The van der Waals surface area contributed by atoms with Crippen LogP contribution in [0.4, 0.5) is 10.2 Å². The van der Waals surface area contributed by atoms with E-state index in [2.05, 4.69) is 48.9 Å². The molecule has 5 rings (SSSR count). The van der Waals surface area contributed by atoms with Crippen LogP contribution >= 0.6 is 11.6 Å². The van der Waals surface area contributed by atoms with Gasteiger partial charge in [-0.15, -0.1) is 0 Å². The molecule has 0 saturated heterocycles. The Morgan fingerprint density at radius 1 is 1.04 bits per heavy atom. The Morgan fingerprint density at radius 2 is 1.80 bits per heavy atom. The van der Waals surface area contributed by atoms with E-state index in [-0.39, 0.29) is 46.3 Å². The predicted octanol–water partition coefficient (Wildman–Crippen LogP) is 7.52. The molecule has 2 aromatic heterocycles. The number of aryl methyl sites for hydroxylation is 1. The van der Waals surface area contributed by atoms with E-state index < -0.39 is 29.1 Å². The van der Waals surface area contributed by atoms with Gasteiger partial charge < -0.3 is 18.6 Å². The Labute approximate surface area is 299 Å². The van der Waals surface area contributed by atoms with Crippen LogP contribution in [0.15, 0.2) is 66.1 Å². The third-order valence-electron chi connectivity index (χ3n) is 9.71. The number of halogens is 2. The van der Waals surface area contributed by atoms with Crippen LogP contribution in [-0.4, -0.2) is 62.9 Å². The molecule has 11 nitrogen and oxygen atoms in total. The number of hydrogen-bond acceptors (Lipinski definition) is 9. The fourth-order valence-electron chi connectivity index (χ4n) is 5.94. The third-order valence-corrected chi connectivity index (χ3v) is 16.3. The summed E-state index contributed by atoms with van der Waals surface area (Å²) in [5.41, 5.74) is 1.46. The molecule has 1 aliphatic rings. The minimum atomic E-state index is -4.57. The molecule has 50 heavy (non-hydrogen) atoms. The molecule has 0 bridgehead atoms. The molecule has 0 N–H and O–H groups in total. The molecule has 4 aromatic rings. The van der Waals surface area contributed by atoms with E-state index in [9.17, 15) is 8.42 Å². The standard InChI is InChI=1S/C35H45ClFN5O6SSi/c1-35(2,3)50(7,8)48-25-11-12-30(26(17-25)29-13-16-40-41(29)4)47-32-20-28(37)33(19-27(32)36)49(43,44)42(34-14-15-38-22-39-34)21-23-9-10-24(45-5)18-31(23)46-6/h9-10,13-16,18-20,22,25-26,30H,11-12,17,21H2,1-8H3/t25-,26-,30+/m1/s1. The van der Waals surface area contributed by atoms with E-state index in [0.29, 0.717) is 29.9 Å². The molecule has 0 unspecified atom stereocenters. The Kier molecular flexibility index (Phi) is 11.2. The van der Waals surface area contributed by atoms with Crippen LogP contribution in [0.5, 0.6) is 17.2 Å². The monoisotopic (exact) mass is 745 g/mol. The maximum atomic E-state index is 16.1. The van der Waals surface area contributed by atoms with Crippen LogP contribution in [0.1, 0.15) is 57.2 Å². The van der Waals surface area contributed by atoms with Crippen molar-refractivity contribution in [1.29, 1.82) is 0 Å². The summed E-state index contributed by atoms with van der Waals surface area (Å²) in [5.74, 6) is -0.150. The Morgan fingerprint density at radius 3 is 2.42 bits per heavy atom. The molecule has 1 saturated carbocycles. The molecular formula is C35H45ClFN5O6SSi. The Balaban J connectivity index is 1.45. The summed E-state index contributed by atoms with van der Waals surface area (Å²) in [6.07, 6.45) is 6.05. The topological polar surface area (TPSA) is 118 Å². The number of methoxy groups -OCH3 is 2. The van der Waals surface area contributed by atoms with Gasteiger partial charge in [0.2, 0.25) is 0 Å². The molecule has 0 spiro atoms. The summed E-state index contributed by atoms with van der Waals surface area (Å²) in [5, 5.41) is 4.39. The van der Waals surface area contributed by atoms with Crippen LogP contribution in [-0.2, 0) is 28.0 Å². The molecule has 2 heterocycles. The zero-order valence-corrected chi connectivity index (χ0v) is 32.3. The lowest BCUT2D eigenvalue weighted by Crippen LogP contribution is -2.46. The number of hydrogen-bond donors (Lipinski definition) is 0. The highest BCUT2D eigenvalue weighted by Gasteiger charge is 2.43. The largest absolute Gasteiger partial charge is 0.497 e. The van der Waals surface area contributed by atoms with E-state index in [0.717, 1.165) is 28.6 Å². The summed E-state index contributed by atoms with van der Waals surface area (Å²) in [6.45, 7) is 10.9. The number of aromatic nitrogens is 4. The minimum Gasteiger partial charge on any atom is -0.497 e. The third kappa shape index (κ3) is 7.93. The first-order chi connectivity index (χ1) is 23.6. The van der Waals surface area contributed by atoms with Crippen molar-refractivity contribution in [3.05, 3.63) is 83.3 Å². The van der Waals surface area contributed by atoms with Crippen LogP contribution in [0.3, 0.4) is 0 Å². The average Bonchev–Trinajstić information content (AvgIpc) is 3.50. The molecule has 1 fully saturated rings. The first kappa shape index (κ1) is 37.5. The molecule has 3 atom stereocenters. The zero-order valence-electron chi connectivity index (χ0n) is 29.7. The van der Waals surface area contributed by atoms with Crippen LogP contribution in [0.25, 0.3) is 0 Å². The predicted molar refractivity (Wildman–Crippen MR) is 193 cm³/mol. The Bertz CT molecular complexity index is 1910. The maximum Gasteiger partial charge on any atom is 0.268 e. The summed E-state index contributed by atoms with van der Waals surface area (Å²) in [7, 11) is -1.75. The molecule has 270 valence electrons. The number of benzene rings is 2. The number of sulfonamides is 1. The normalized spacial score (nSPS) is 18.5. The van der Waals surface area contributed by atoms with E-state index in [1.165, 1.54) is 32.8 Å². The van der Waals surface area contributed by atoms with Crippen LogP contribution in [0, 0.1) is 5.82 Å². The zero-order chi connectivity index (χ0) is 36.4. The van der Waals surface area contributed by atoms with Gasteiger partial charge in [-0.3, -0.25) is 4.68 Å². The fraction of sp³-hybridized carbons (Fsp3) is 0.457. The molecule has 0 amide bonds. The summed E-state index contributed by atoms with van der Waals surface area (Å²) in [6, 6.07) is 10.5. The van der Waals surface area contributed by atoms with Gasteiger partial charge in [0.25, 0.3) is 10.0 Å². The van der Waals surface area contributed by atoms with Gasteiger partial charge in [-0.25, -0.2) is 27.1 Å². The second-order valence-corrected chi connectivity index (χ2v) is 20.9. The van der Waals surface area contributed by atoms with Gasteiger partial charge >= 0.3 is 0 Å². The number of anilines is 1. The molecule has 0 aliphatic heterocycles. The van der Waals surface area contributed by atoms with Gasteiger partial charge in [0.15, 0.2) is 8.32 Å². The van der Waals surface area contributed by atoms with Crippen molar-refractivity contribution >= 4 is 35.8 Å². The first-order valence-corrected chi connectivity index (χ1v) is 21.1. The van der Waals surface area contributed by atoms with Gasteiger partial charge in [-0.2, -0.15) is 5.10 Å². The van der Waals surface area contributed by atoms with Crippen molar-refractivity contribution in [2.75, 3.05) is 18.5 Å². The highest BCUT2D eigenvalue weighted by Crippen LogP contribution is 2.44. The number of ether oxygens (including phenoxy) is 3. The van der Waals surface area contributed by atoms with Gasteiger partial charge in [0.05, 0.1) is 25.8 Å². The van der Waals surface area contributed by atoms with Gasteiger partial charge in [0, 0.05) is 60.9 Å². The molecule has 2 aromatic carbocycles. The first-order valence-electron chi connectivity index (χ1n) is 16.4. The molecule has 0 radical (unpaired) electrons. The SMILES string of the molecule is COc1ccc(CN(c2ccncn2)S(=O)(=O)c2cc(Cl)c(O[C@H]3CC[C@@H](O[Si](C)(C)C(C)(C)C)C[C@@H]3c3ccnn3C)cc2F)c(OC)c1. The highest BCUT2D eigenvalue weighted by molar-refractivity contribution is 7.92. The van der Waals surface area contributed by atoms with Crippen molar-refractivity contribution < 1.29 is 31.4 Å². The van der Waals surface area contributed by atoms with Crippen molar-refractivity contribution in [3.8, 4) is 17.2 Å². The van der Waals surface area contributed by atoms with Crippen molar-refractivity contribution in [2.24, 2.45) is 7.05 Å². The highest BCUT2D eigenvalue weighted by atomic mass is 35.5. The van der Waals surface area contributed by atoms with Crippen LogP contribution < -0.4 is 18.5 Å². The van der Waals surface area contributed by atoms with E-state index in [4.69, 9.17) is 30.2 Å². The lowest BCUT2D eigenvalue weighted by Gasteiger charge is -2.43. The van der Waals surface area contributed by atoms with E-state index >= 15 is 4.39 Å². The average molecular weight is 746 g/mol. The van der Waals surface area contributed by atoms with Crippen LogP contribution in [0.2, 0.25) is 23.2 Å². The van der Waals surface area contributed by atoms with Crippen molar-refractivity contribution in [3.63, 3.8) is 0 Å². The van der Waals surface area contributed by atoms with E-state index in [1.807, 2.05) is 17.8 Å². The van der Waals surface area contributed by atoms with Gasteiger partial charge in [-0.1, -0.05) is 32.4 Å². The summed E-state index contributed by atoms with van der Waals surface area (Å²) in [4.78, 5) is 7.44. The molecular weight excluding hydrogens is 701 g/mol. The van der Waals surface area contributed by atoms with Gasteiger partial charge in [0.1, 0.15) is 46.2 Å². The fourth-order valence-corrected chi connectivity index (χ4v) is 9.09. The lowest BCUT2D eigenvalue weighted by atomic mass is 9.82. The Hall–Kier alpha value is -3.72. The number of rotatable bonds is 12. The van der Waals surface area contributed by atoms with E-state index in [1.54, 1.807) is 24.4 Å². The molecule has 1 aliphatic carbocycles. The van der Waals surface area contributed by atoms with Crippen molar-refractivity contribution in [2.45, 2.75) is 87.7 Å². The van der Waals surface area contributed by atoms with Crippen molar-refractivity contribution in [1.82, 2.24) is 19.7 Å². The second-order valence-electron chi connectivity index (χ2n) is 13.9. The summed E-state index contributed by atoms with van der Waals surface area (Å²) >= 11 is 6.72. The molecule has 15 heteroatoms. The lowest BCUT2D eigenvalue weighted by molar-refractivity contribution is 0.0518. The minimum absolute atomic E-state index is 0.0208. The number of nitrogens with zero attached hydrogens (tertiary/aromatic N) is 5.